The highest BCUT2D eigenvalue weighted by atomic mass is 16.5. The maximum atomic E-state index is 4.89. The van der Waals surface area contributed by atoms with Crippen molar-refractivity contribution in [3.8, 4) is 0 Å². The average molecular weight is 153 g/mol. The van der Waals surface area contributed by atoms with E-state index in [1.54, 1.807) is 6.26 Å². The molecule has 2 nitrogen and oxygen atoms in total. The Hall–Kier alpha value is -0.920. The molecule has 2 rings (SSSR count). The van der Waals surface area contributed by atoms with E-state index in [9.17, 15) is 0 Å². The van der Waals surface area contributed by atoms with Crippen molar-refractivity contribution in [2.45, 2.75) is 19.3 Å². The molecule has 0 aliphatic carbocycles. The van der Waals surface area contributed by atoms with Crippen LogP contribution in [0.3, 0.4) is 0 Å². The first-order valence-corrected chi connectivity index (χ1v) is 4.15. The molecule has 0 aromatic rings. The van der Waals surface area contributed by atoms with E-state index in [1.165, 1.54) is 19.3 Å². The Kier molecular flexibility index (Phi) is 4.34. The third-order valence-corrected chi connectivity index (χ3v) is 1.52. The fraction of sp³-hybridized carbons (Fsp3) is 0.556. The summed E-state index contributed by atoms with van der Waals surface area (Å²) in [6.45, 7) is 2.05. The molecule has 0 saturated carbocycles. The molecule has 2 aliphatic heterocycles. The smallest absolute Gasteiger partial charge is 0.0876 e. The van der Waals surface area contributed by atoms with E-state index in [0.29, 0.717) is 0 Å². The first-order chi connectivity index (χ1) is 5.50. The molecule has 2 heteroatoms. The van der Waals surface area contributed by atoms with Gasteiger partial charge in [0, 0.05) is 6.54 Å². The highest BCUT2D eigenvalue weighted by Crippen LogP contribution is 1.97. The summed E-state index contributed by atoms with van der Waals surface area (Å²) in [5, 5.41) is 3.04. The fourth-order valence-corrected chi connectivity index (χ4v) is 0.905. The summed E-state index contributed by atoms with van der Waals surface area (Å²) in [6, 6.07) is 0. The lowest BCUT2D eigenvalue weighted by Crippen LogP contribution is -1.96. The first kappa shape index (κ1) is 8.18. The highest BCUT2D eigenvalue weighted by Gasteiger charge is 1.86. The summed E-state index contributed by atoms with van der Waals surface area (Å²) in [4.78, 5) is 0. The third-order valence-electron chi connectivity index (χ3n) is 1.52. The van der Waals surface area contributed by atoms with Crippen LogP contribution in [0.5, 0.6) is 0 Å². The zero-order valence-electron chi connectivity index (χ0n) is 6.75. The van der Waals surface area contributed by atoms with Gasteiger partial charge in [-0.1, -0.05) is 6.08 Å². The van der Waals surface area contributed by atoms with Crippen molar-refractivity contribution in [1.82, 2.24) is 5.32 Å². The Labute approximate surface area is 67.9 Å². The van der Waals surface area contributed by atoms with Crippen molar-refractivity contribution < 1.29 is 4.74 Å². The normalized spacial score (nSPS) is 19.6. The van der Waals surface area contributed by atoms with Crippen LogP contribution in [0.25, 0.3) is 0 Å². The minimum atomic E-state index is 0.913. The van der Waals surface area contributed by atoms with E-state index < -0.39 is 0 Å². The van der Waals surface area contributed by atoms with Crippen molar-refractivity contribution in [2.24, 2.45) is 0 Å². The zero-order valence-corrected chi connectivity index (χ0v) is 6.75. The second-order valence-electron chi connectivity index (χ2n) is 2.53. The van der Waals surface area contributed by atoms with Gasteiger partial charge < -0.3 is 10.1 Å². The molecular formula is C9H15NO. The predicted molar refractivity (Wildman–Crippen MR) is 46.1 cm³/mol. The largest absolute Gasteiger partial charge is 0.502 e. The quantitative estimate of drug-likeness (QED) is 0.573. The van der Waals surface area contributed by atoms with E-state index in [-0.39, 0.29) is 0 Å². The molecule has 0 aromatic heterocycles. The van der Waals surface area contributed by atoms with Crippen LogP contribution < -0.4 is 5.32 Å². The van der Waals surface area contributed by atoms with Gasteiger partial charge >= 0.3 is 0 Å². The molecule has 0 saturated heterocycles. The van der Waals surface area contributed by atoms with Crippen molar-refractivity contribution in [1.29, 1.82) is 0 Å². The molecule has 0 spiro atoms. The maximum absolute atomic E-state index is 4.89. The number of hydrogen-bond acceptors (Lipinski definition) is 2. The predicted octanol–water partition coefficient (Wildman–Crippen LogP) is 1.80. The molecule has 0 amide bonds. The van der Waals surface area contributed by atoms with E-state index in [2.05, 4.69) is 11.4 Å². The van der Waals surface area contributed by atoms with Crippen molar-refractivity contribution in [3.05, 3.63) is 24.6 Å². The molecule has 0 radical (unpaired) electrons. The number of nitrogens with one attached hydrogen (secondary N) is 1. The second-order valence-corrected chi connectivity index (χ2v) is 2.53. The Balaban J connectivity index is 0.000000112. The van der Waals surface area contributed by atoms with Gasteiger partial charge in [0.05, 0.1) is 12.9 Å². The van der Waals surface area contributed by atoms with E-state index in [1.807, 2.05) is 12.3 Å². The van der Waals surface area contributed by atoms with Crippen LogP contribution >= 0.6 is 0 Å². The van der Waals surface area contributed by atoms with Gasteiger partial charge in [0.2, 0.25) is 0 Å². The van der Waals surface area contributed by atoms with Gasteiger partial charge in [-0.25, -0.2) is 0 Å². The average Bonchev–Trinajstić information content (AvgIpc) is 2.64. The van der Waals surface area contributed by atoms with Crippen LogP contribution in [0, 0.1) is 0 Å². The topological polar surface area (TPSA) is 21.3 Å². The maximum Gasteiger partial charge on any atom is 0.0876 e. The number of rotatable bonds is 0. The number of hydrogen-bond donors (Lipinski definition) is 1. The lowest BCUT2D eigenvalue weighted by molar-refractivity contribution is 0.231. The Morgan fingerprint density at radius 3 is 2.36 bits per heavy atom. The Bertz CT molecular complexity index is 126. The summed E-state index contributed by atoms with van der Waals surface area (Å²) in [7, 11) is 0. The van der Waals surface area contributed by atoms with Crippen LogP contribution in [0.2, 0.25) is 0 Å². The fourth-order valence-electron chi connectivity index (χ4n) is 0.905. The van der Waals surface area contributed by atoms with Crippen molar-refractivity contribution >= 4 is 0 Å². The monoisotopic (exact) mass is 153 g/mol. The molecule has 62 valence electrons. The van der Waals surface area contributed by atoms with Crippen molar-refractivity contribution in [3.63, 3.8) is 0 Å². The Morgan fingerprint density at radius 1 is 1.18 bits per heavy atom. The van der Waals surface area contributed by atoms with Gasteiger partial charge in [-0.3, -0.25) is 0 Å². The van der Waals surface area contributed by atoms with E-state index in [4.69, 9.17) is 4.74 Å². The summed E-state index contributed by atoms with van der Waals surface area (Å²) < 4.78 is 4.89. The van der Waals surface area contributed by atoms with Gasteiger partial charge in [0.1, 0.15) is 0 Å². The highest BCUT2D eigenvalue weighted by molar-refractivity contribution is 4.86. The van der Waals surface area contributed by atoms with Crippen LogP contribution in [0.4, 0.5) is 0 Å². The van der Waals surface area contributed by atoms with Gasteiger partial charge in [-0.15, -0.1) is 0 Å². The molecule has 0 fully saturated rings. The molecule has 0 unspecified atom stereocenters. The lowest BCUT2D eigenvalue weighted by Gasteiger charge is -2.01. The van der Waals surface area contributed by atoms with Crippen LogP contribution in [0.1, 0.15) is 19.3 Å². The van der Waals surface area contributed by atoms with Crippen LogP contribution in [0.15, 0.2) is 24.6 Å². The molecule has 11 heavy (non-hydrogen) atoms. The summed E-state index contributed by atoms with van der Waals surface area (Å²) in [5.41, 5.74) is 0. The second kappa shape index (κ2) is 5.83. The molecule has 2 heterocycles. The summed E-state index contributed by atoms with van der Waals surface area (Å²) in [6.07, 6.45) is 11.5. The van der Waals surface area contributed by atoms with E-state index >= 15 is 0 Å². The summed E-state index contributed by atoms with van der Waals surface area (Å²) in [5.74, 6) is 0. The molecule has 1 N–H and O–H groups in total. The van der Waals surface area contributed by atoms with Gasteiger partial charge in [0.25, 0.3) is 0 Å². The third kappa shape index (κ3) is 4.48. The molecule has 2 aliphatic rings. The number of allylic oxidation sites excluding steroid dienone is 1. The van der Waals surface area contributed by atoms with Crippen molar-refractivity contribution in [2.75, 3.05) is 13.2 Å². The van der Waals surface area contributed by atoms with Crippen LogP contribution in [-0.4, -0.2) is 13.2 Å². The molecular weight excluding hydrogens is 138 g/mol. The summed E-state index contributed by atoms with van der Waals surface area (Å²) >= 11 is 0. The SMILES string of the molecule is C1=CNCC1.C1=COCCC1. The Morgan fingerprint density at radius 2 is 2.18 bits per heavy atom. The molecule has 0 bridgehead atoms. The standard InChI is InChI=1S/C5H8O.C4H7N/c1-2-4-6-5-3-1;1-2-4-5-3-1/h2,4H,1,3,5H2;1,3,5H,2,4H2. The number of ether oxygens (including phenoxy) is 1. The van der Waals surface area contributed by atoms with Gasteiger partial charge in [-0.05, 0) is 31.5 Å². The minimum absolute atomic E-state index is 0.913. The lowest BCUT2D eigenvalue weighted by atomic mass is 10.3. The van der Waals surface area contributed by atoms with Crippen LogP contribution in [-0.2, 0) is 4.74 Å². The van der Waals surface area contributed by atoms with E-state index in [0.717, 1.165) is 13.2 Å². The molecule has 0 atom stereocenters. The first-order valence-electron chi connectivity index (χ1n) is 4.15. The van der Waals surface area contributed by atoms with Gasteiger partial charge in [0.15, 0.2) is 0 Å². The molecule has 0 aromatic carbocycles. The zero-order chi connectivity index (χ0) is 7.78. The van der Waals surface area contributed by atoms with Gasteiger partial charge in [-0.2, -0.15) is 0 Å². The minimum Gasteiger partial charge on any atom is -0.502 e.